The van der Waals surface area contributed by atoms with Gasteiger partial charge < -0.3 is 29.5 Å². The minimum atomic E-state index is -1.13. The van der Waals surface area contributed by atoms with Crippen molar-refractivity contribution in [1.82, 2.24) is 15.2 Å². The summed E-state index contributed by atoms with van der Waals surface area (Å²) >= 11 is 0. The molecule has 4 bridgehead atoms. The summed E-state index contributed by atoms with van der Waals surface area (Å²) in [5.74, 6) is -0.497. The number of ether oxygens (including phenoxy) is 3. The maximum absolute atomic E-state index is 13.7. The molecule has 2 aliphatic rings. The summed E-state index contributed by atoms with van der Waals surface area (Å²) in [7, 11) is 0. The summed E-state index contributed by atoms with van der Waals surface area (Å²) in [6, 6.07) is 3.88. The number of nitrogens with zero attached hydrogens (tertiary/aromatic N) is 2. The number of cyclic esters (lactones) is 1. The van der Waals surface area contributed by atoms with E-state index in [-0.39, 0.29) is 19.6 Å². The minimum Gasteiger partial charge on any atom is -0.493 e. The maximum Gasteiger partial charge on any atom is 0.407 e. The Bertz CT molecular complexity index is 1190. The Morgan fingerprint density at radius 3 is 2.71 bits per heavy atom. The summed E-state index contributed by atoms with van der Waals surface area (Å²) in [5, 5.41) is 14.3. The van der Waals surface area contributed by atoms with Gasteiger partial charge in [-0.05, 0) is 61.8 Å². The molecule has 4 rings (SSSR count). The maximum atomic E-state index is 13.7. The molecule has 2 amide bonds. The normalized spacial score (nSPS) is 23.3. The average Bonchev–Trinajstić information content (AvgIpc) is 3.28. The van der Waals surface area contributed by atoms with Gasteiger partial charge in [0.25, 0.3) is 0 Å². The van der Waals surface area contributed by atoms with Crippen LogP contribution < -0.4 is 14.8 Å². The Morgan fingerprint density at radius 1 is 1.21 bits per heavy atom. The molecule has 0 spiro atoms. The Kier molecular flexibility index (Phi) is 8.28. The summed E-state index contributed by atoms with van der Waals surface area (Å²) in [4.78, 5) is 44.1. The summed E-state index contributed by atoms with van der Waals surface area (Å²) in [6.07, 6.45) is 3.67. The molecule has 0 radical (unpaired) electrons. The fourth-order valence-corrected chi connectivity index (χ4v) is 5.06. The second-order valence-electron chi connectivity index (χ2n) is 10.9. The van der Waals surface area contributed by atoms with Crippen LogP contribution >= 0.6 is 0 Å². The number of carbonyl (C=O) groups excluding carboxylic acids is 2. The molecule has 1 aromatic carbocycles. The van der Waals surface area contributed by atoms with E-state index in [1.54, 1.807) is 6.20 Å². The number of hydrogen-bond acceptors (Lipinski definition) is 7. The van der Waals surface area contributed by atoms with E-state index >= 15 is 0 Å². The second kappa shape index (κ2) is 11.4. The molecule has 2 aliphatic heterocycles. The number of aliphatic carboxylic acids is 1. The van der Waals surface area contributed by atoms with E-state index in [2.05, 4.69) is 10.3 Å². The molecule has 0 saturated carbocycles. The number of alkyl carbamates (subject to hydrolysis) is 1. The van der Waals surface area contributed by atoms with Gasteiger partial charge in [0.15, 0.2) is 0 Å². The third-order valence-electron chi connectivity index (χ3n) is 6.99. The van der Waals surface area contributed by atoms with E-state index in [1.807, 2.05) is 45.9 Å². The van der Waals surface area contributed by atoms with E-state index < -0.39 is 41.6 Å². The lowest BCUT2D eigenvalue weighted by molar-refractivity contribution is -0.150. The average molecular weight is 528 g/mol. The fourth-order valence-electron chi connectivity index (χ4n) is 5.06. The van der Waals surface area contributed by atoms with Gasteiger partial charge in [0.05, 0.1) is 19.8 Å². The number of aryl methyl sites for hydroxylation is 1. The fraction of sp³-hybridized carbons (Fsp3) is 0.571. The number of amides is 2. The van der Waals surface area contributed by atoms with Crippen LogP contribution in [0.4, 0.5) is 4.79 Å². The molecule has 2 aromatic rings. The smallest absolute Gasteiger partial charge is 0.407 e. The van der Waals surface area contributed by atoms with Crippen molar-refractivity contribution in [1.29, 1.82) is 0 Å². The highest BCUT2D eigenvalue weighted by atomic mass is 16.5. The van der Waals surface area contributed by atoms with Crippen LogP contribution in [0.15, 0.2) is 24.4 Å². The van der Waals surface area contributed by atoms with Gasteiger partial charge in [-0.1, -0.05) is 20.8 Å². The third kappa shape index (κ3) is 6.11. The number of fused-ring (bicyclic) bond motifs is 3. The van der Waals surface area contributed by atoms with Gasteiger partial charge in [-0.15, -0.1) is 0 Å². The number of carbonyl (C=O) groups is 3. The molecule has 10 nitrogen and oxygen atoms in total. The number of pyridine rings is 1. The van der Waals surface area contributed by atoms with Gasteiger partial charge in [0, 0.05) is 23.4 Å². The van der Waals surface area contributed by atoms with Crippen LogP contribution in [0, 0.1) is 5.41 Å². The Balaban J connectivity index is 1.73. The van der Waals surface area contributed by atoms with Crippen molar-refractivity contribution in [2.45, 2.75) is 78.0 Å². The summed E-state index contributed by atoms with van der Waals surface area (Å²) < 4.78 is 17.6. The molecular weight excluding hydrogens is 490 g/mol. The second-order valence-corrected chi connectivity index (χ2v) is 10.9. The SMILES string of the molecule is CCOc1cc2cc3c(nccc13)O[C@@H]1C[C@@H](C(=O)O)N(C1)C(=O)[C@H](C(C)(C)C)NC(=O)OCCCCC2. The molecule has 1 fully saturated rings. The van der Waals surface area contributed by atoms with Crippen LogP contribution in [0.1, 0.15) is 58.9 Å². The molecule has 2 N–H and O–H groups in total. The van der Waals surface area contributed by atoms with Crippen molar-refractivity contribution in [3.05, 3.63) is 30.0 Å². The minimum absolute atomic E-state index is 0.0508. The lowest BCUT2D eigenvalue weighted by Crippen LogP contribution is -2.57. The molecule has 0 unspecified atom stereocenters. The molecule has 206 valence electrons. The highest BCUT2D eigenvalue weighted by molar-refractivity contribution is 5.93. The monoisotopic (exact) mass is 527 g/mol. The van der Waals surface area contributed by atoms with Crippen molar-refractivity contribution in [3.8, 4) is 11.6 Å². The topological polar surface area (TPSA) is 127 Å². The molecule has 3 heterocycles. The lowest BCUT2D eigenvalue weighted by Gasteiger charge is -2.34. The molecular formula is C28H37N3O7. The number of nitrogens with one attached hydrogen (secondary N) is 1. The highest BCUT2D eigenvalue weighted by Crippen LogP contribution is 2.35. The van der Waals surface area contributed by atoms with Gasteiger partial charge in [-0.3, -0.25) is 4.79 Å². The first-order valence-electron chi connectivity index (χ1n) is 13.3. The van der Waals surface area contributed by atoms with Crippen molar-refractivity contribution < 1.29 is 33.7 Å². The molecule has 3 atom stereocenters. The van der Waals surface area contributed by atoms with Crippen LogP contribution in [-0.4, -0.2) is 70.9 Å². The van der Waals surface area contributed by atoms with Gasteiger partial charge in [0.2, 0.25) is 11.8 Å². The third-order valence-corrected chi connectivity index (χ3v) is 6.99. The predicted octanol–water partition coefficient (Wildman–Crippen LogP) is 3.93. The highest BCUT2D eigenvalue weighted by Gasteiger charge is 2.46. The van der Waals surface area contributed by atoms with E-state index in [0.717, 1.165) is 41.3 Å². The van der Waals surface area contributed by atoms with Crippen LogP contribution in [-0.2, 0) is 20.7 Å². The summed E-state index contributed by atoms with van der Waals surface area (Å²) in [5.41, 5.74) is 0.389. The molecule has 1 aromatic heterocycles. The van der Waals surface area contributed by atoms with Crippen LogP contribution in [0.3, 0.4) is 0 Å². The van der Waals surface area contributed by atoms with E-state index in [4.69, 9.17) is 14.2 Å². The van der Waals surface area contributed by atoms with Crippen LogP contribution in [0.5, 0.6) is 11.6 Å². The van der Waals surface area contributed by atoms with Crippen LogP contribution in [0.25, 0.3) is 10.8 Å². The predicted molar refractivity (Wildman–Crippen MR) is 140 cm³/mol. The number of hydrogen-bond donors (Lipinski definition) is 2. The largest absolute Gasteiger partial charge is 0.493 e. The quantitative estimate of drug-likeness (QED) is 0.615. The molecule has 10 heteroatoms. The van der Waals surface area contributed by atoms with Crippen molar-refractivity contribution in [3.63, 3.8) is 0 Å². The van der Waals surface area contributed by atoms with Gasteiger partial charge in [-0.2, -0.15) is 0 Å². The molecule has 0 aliphatic carbocycles. The zero-order chi connectivity index (χ0) is 27.4. The van der Waals surface area contributed by atoms with Crippen molar-refractivity contribution in [2.75, 3.05) is 19.8 Å². The van der Waals surface area contributed by atoms with Crippen molar-refractivity contribution >= 4 is 28.7 Å². The Labute approximate surface area is 222 Å². The van der Waals surface area contributed by atoms with Gasteiger partial charge in [0.1, 0.15) is 23.9 Å². The molecule has 38 heavy (non-hydrogen) atoms. The first-order valence-corrected chi connectivity index (χ1v) is 13.3. The van der Waals surface area contributed by atoms with Crippen molar-refractivity contribution in [2.24, 2.45) is 5.41 Å². The van der Waals surface area contributed by atoms with Gasteiger partial charge in [-0.25, -0.2) is 14.6 Å². The first kappa shape index (κ1) is 27.5. The number of aromatic nitrogens is 1. The Hall–Kier alpha value is -3.56. The summed E-state index contributed by atoms with van der Waals surface area (Å²) in [6.45, 7) is 8.16. The van der Waals surface area contributed by atoms with Gasteiger partial charge >= 0.3 is 12.1 Å². The number of rotatable bonds is 3. The molecule has 1 saturated heterocycles. The number of carboxylic acids is 1. The first-order chi connectivity index (χ1) is 18.1. The standard InChI is InChI=1S/C28H37N3O7/c1-5-36-22-14-17-9-7-6-8-12-37-27(35)30-23(28(2,3)4)25(32)31-16-18(15-21(31)26(33)34)38-24-20(13-17)19(22)10-11-29-24/h10-11,13-14,18,21,23H,5-9,12,15-16H2,1-4H3,(H,30,35)(H,33,34)/t18-,21+,23-/m1/s1. The number of benzene rings is 1. The van der Waals surface area contributed by atoms with E-state index in [0.29, 0.717) is 18.9 Å². The number of carboxylic acid groups (broad SMARTS) is 1. The van der Waals surface area contributed by atoms with Crippen LogP contribution in [0.2, 0.25) is 0 Å². The Morgan fingerprint density at radius 2 is 2.00 bits per heavy atom. The lowest BCUT2D eigenvalue weighted by atomic mass is 9.85. The van der Waals surface area contributed by atoms with E-state index in [1.165, 1.54) is 4.90 Å². The zero-order valence-electron chi connectivity index (χ0n) is 22.5. The zero-order valence-corrected chi connectivity index (χ0v) is 22.5. The van der Waals surface area contributed by atoms with E-state index in [9.17, 15) is 19.5 Å².